The van der Waals surface area contributed by atoms with Crippen LogP contribution in [0.25, 0.3) is 0 Å². The predicted octanol–water partition coefficient (Wildman–Crippen LogP) is 0.905. The molecule has 5 heteroatoms. The molecule has 3 nitrogen and oxygen atoms in total. The van der Waals surface area contributed by atoms with Crippen LogP contribution in [0, 0.1) is 0 Å². The first-order valence-electron chi connectivity index (χ1n) is 5.10. The van der Waals surface area contributed by atoms with Gasteiger partial charge in [0.1, 0.15) is 0 Å². The van der Waals surface area contributed by atoms with Crippen LogP contribution in [0.2, 0.25) is 0 Å². The third-order valence-electron chi connectivity index (χ3n) is 2.64. The Balaban J connectivity index is 2.21. The van der Waals surface area contributed by atoms with E-state index in [-0.39, 0.29) is 11.5 Å². The number of thioether (sulfide) groups is 1. The fourth-order valence-electron chi connectivity index (χ4n) is 1.54. The van der Waals surface area contributed by atoms with Gasteiger partial charge in [0.25, 0.3) is 0 Å². The second kappa shape index (κ2) is 5.37. The second-order valence-electron chi connectivity index (χ2n) is 3.66. The molecule has 0 bridgehead atoms. The molecule has 0 aliphatic carbocycles. The number of hydrogen-bond acceptors (Lipinski definition) is 4. The Morgan fingerprint density at radius 2 is 2.21 bits per heavy atom. The van der Waals surface area contributed by atoms with Crippen molar-refractivity contribution in [2.24, 2.45) is 0 Å². The third kappa shape index (κ3) is 3.79. The molecular formula is C9H19NO2S2. The Bertz CT molecular complexity index is 264. The molecule has 2 atom stereocenters. The Labute approximate surface area is 91.0 Å². The number of rotatable bonds is 5. The summed E-state index contributed by atoms with van der Waals surface area (Å²) in [5.41, 5.74) is 0. The highest BCUT2D eigenvalue weighted by Crippen LogP contribution is 2.25. The van der Waals surface area contributed by atoms with Crippen LogP contribution in [0.4, 0.5) is 0 Å². The SMILES string of the molecule is CCS(=O)(=O)CCNC1CCSC1C. The molecule has 0 radical (unpaired) electrons. The van der Waals surface area contributed by atoms with Crippen LogP contribution in [0.5, 0.6) is 0 Å². The fraction of sp³-hybridized carbons (Fsp3) is 1.00. The van der Waals surface area contributed by atoms with Gasteiger partial charge < -0.3 is 5.32 Å². The normalized spacial score (nSPS) is 28.1. The van der Waals surface area contributed by atoms with Gasteiger partial charge in [0.15, 0.2) is 9.84 Å². The lowest BCUT2D eigenvalue weighted by atomic mass is 10.2. The largest absolute Gasteiger partial charge is 0.312 e. The summed E-state index contributed by atoms with van der Waals surface area (Å²) < 4.78 is 22.4. The summed E-state index contributed by atoms with van der Waals surface area (Å²) in [7, 11) is -2.80. The molecule has 0 amide bonds. The zero-order valence-electron chi connectivity index (χ0n) is 8.82. The Kier molecular flexibility index (Phi) is 4.73. The molecule has 1 rings (SSSR count). The van der Waals surface area contributed by atoms with Crippen molar-refractivity contribution in [1.82, 2.24) is 5.32 Å². The molecule has 0 saturated carbocycles. The van der Waals surface area contributed by atoms with E-state index in [9.17, 15) is 8.42 Å². The van der Waals surface area contributed by atoms with Crippen LogP contribution in [-0.2, 0) is 9.84 Å². The highest BCUT2D eigenvalue weighted by atomic mass is 32.2. The van der Waals surface area contributed by atoms with Gasteiger partial charge >= 0.3 is 0 Å². The average molecular weight is 237 g/mol. The smallest absolute Gasteiger partial charge is 0.151 e. The molecule has 0 spiro atoms. The molecule has 1 saturated heterocycles. The van der Waals surface area contributed by atoms with Crippen molar-refractivity contribution in [3.05, 3.63) is 0 Å². The average Bonchev–Trinajstić information content (AvgIpc) is 2.52. The number of nitrogens with one attached hydrogen (secondary N) is 1. The molecular weight excluding hydrogens is 218 g/mol. The topological polar surface area (TPSA) is 46.2 Å². The monoisotopic (exact) mass is 237 g/mol. The zero-order valence-corrected chi connectivity index (χ0v) is 10.5. The minimum Gasteiger partial charge on any atom is -0.312 e. The van der Waals surface area contributed by atoms with Gasteiger partial charge in [-0.05, 0) is 12.2 Å². The Hall–Kier alpha value is 0.260. The summed E-state index contributed by atoms with van der Waals surface area (Å²) in [4.78, 5) is 0. The van der Waals surface area contributed by atoms with Gasteiger partial charge in [-0.1, -0.05) is 13.8 Å². The van der Waals surface area contributed by atoms with Crippen molar-refractivity contribution in [2.75, 3.05) is 23.8 Å². The van der Waals surface area contributed by atoms with E-state index in [0.717, 1.165) is 6.42 Å². The maximum absolute atomic E-state index is 11.2. The maximum atomic E-state index is 11.2. The molecule has 1 fully saturated rings. The van der Waals surface area contributed by atoms with E-state index in [4.69, 9.17) is 0 Å². The molecule has 1 N–H and O–H groups in total. The summed E-state index contributed by atoms with van der Waals surface area (Å²) >= 11 is 1.96. The maximum Gasteiger partial charge on any atom is 0.151 e. The van der Waals surface area contributed by atoms with Crippen LogP contribution in [0.1, 0.15) is 20.3 Å². The standard InChI is InChI=1S/C9H19NO2S2/c1-3-14(11,12)7-5-10-9-4-6-13-8(9)2/h8-10H,3-7H2,1-2H3. The van der Waals surface area contributed by atoms with Crippen molar-refractivity contribution in [2.45, 2.75) is 31.6 Å². The molecule has 0 aromatic carbocycles. The van der Waals surface area contributed by atoms with E-state index in [0.29, 0.717) is 17.8 Å². The summed E-state index contributed by atoms with van der Waals surface area (Å²) in [6.07, 6.45) is 1.16. The molecule has 2 unspecified atom stereocenters. The van der Waals surface area contributed by atoms with Crippen LogP contribution in [0.15, 0.2) is 0 Å². The first-order chi connectivity index (χ1) is 6.55. The van der Waals surface area contributed by atoms with Crippen molar-refractivity contribution in [3.63, 3.8) is 0 Å². The van der Waals surface area contributed by atoms with Gasteiger partial charge in [-0.25, -0.2) is 8.42 Å². The lowest BCUT2D eigenvalue weighted by Gasteiger charge is -2.15. The minimum absolute atomic E-state index is 0.254. The van der Waals surface area contributed by atoms with E-state index in [1.165, 1.54) is 5.75 Å². The number of hydrogen-bond donors (Lipinski definition) is 1. The highest BCUT2D eigenvalue weighted by molar-refractivity contribution is 8.00. The highest BCUT2D eigenvalue weighted by Gasteiger charge is 2.23. The Morgan fingerprint density at radius 1 is 1.50 bits per heavy atom. The summed E-state index contributed by atoms with van der Waals surface area (Å²) in [5.74, 6) is 1.72. The van der Waals surface area contributed by atoms with Crippen LogP contribution < -0.4 is 5.32 Å². The molecule has 1 aliphatic rings. The number of sulfone groups is 1. The fourth-order valence-corrected chi connectivity index (χ4v) is 3.49. The van der Waals surface area contributed by atoms with E-state index in [2.05, 4.69) is 12.2 Å². The lowest BCUT2D eigenvalue weighted by Crippen LogP contribution is -2.36. The van der Waals surface area contributed by atoms with Gasteiger partial charge in [0, 0.05) is 23.6 Å². The van der Waals surface area contributed by atoms with E-state index in [1.807, 2.05) is 11.8 Å². The molecule has 84 valence electrons. The predicted molar refractivity (Wildman–Crippen MR) is 62.7 cm³/mol. The second-order valence-corrected chi connectivity index (χ2v) is 7.62. The van der Waals surface area contributed by atoms with Crippen LogP contribution in [0.3, 0.4) is 0 Å². The van der Waals surface area contributed by atoms with Gasteiger partial charge in [0.2, 0.25) is 0 Å². The van der Waals surface area contributed by atoms with Crippen molar-refractivity contribution in [3.8, 4) is 0 Å². The summed E-state index contributed by atoms with van der Waals surface area (Å²) in [6.45, 7) is 4.50. The molecule has 0 aromatic heterocycles. The minimum atomic E-state index is -2.80. The molecule has 1 aliphatic heterocycles. The van der Waals surface area contributed by atoms with Gasteiger partial charge in [-0.2, -0.15) is 11.8 Å². The molecule has 0 aromatic rings. The zero-order chi connectivity index (χ0) is 10.6. The quantitative estimate of drug-likeness (QED) is 0.772. The van der Waals surface area contributed by atoms with Gasteiger partial charge in [0.05, 0.1) is 5.75 Å². The Morgan fingerprint density at radius 3 is 2.71 bits per heavy atom. The lowest BCUT2D eigenvalue weighted by molar-refractivity contribution is 0.525. The molecule has 14 heavy (non-hydrogen) atoms. The van der Waals surface area contributed by atoms with Gasteiger partial charge in [-0.3, -0.25) is 0 Å². The first-order valence-corrected chi connectivity index (χ1v) is 7.97. The van der Waals surface area contributed by atoms with Crippen LogP contribution in [-0.4, -0.2) is 43.5 Å². The summed E-state index contributed by atoms with van der Waals surface area (Å²) in [5, 5.41) is 3.95. The van der Waals surface area contributed by atoms with Crippen molar-refractivity contribution >= 4 is 21.6 Å². The third-order valence-corrected chi connectivity index (χ3v) is 5.67. The summed E-state index contributed by atoms with van der Waals surface area (Å²) in [6, 6.07) is 0.507. The first kappa shape index (κ1) is 12.3. The molecule has 1 heterocycles. The van der Waals surface area contributed by atoms with E-state index in [1.54, 1.807) is 6.92 Å². The van der Waals surface area contributed by atoms with Gasteiger partial charge in [-0.15, -0.1) is 0 Å². The van der Waals surface area contributed by atoms with E-state index >= 15 is 0 Å². The van der Waals surface area contributed by atoms with E-state index < -0.39 is 9.84 Å². The van der Waals surface area contributed by atoms with Crippen molar-refractivity contribution < 1.29 is 8.42 Å². The van der Waals surface area contributed by atoms with Crippen molar-refractivity contribution in [1.29, 1.82) is 0 Å². The van der Waals surface area contributed by atoms with Crippen LogP contribution >= 0.6 is 11.8 Å².